The summed E-state index contributed by atoms with van der Waals surface area (Å²) in [6.07, 6.45) is 3.78. The lowest BCUT2D eigenvalue weighted by atomic mass is 9.80. The quantitative estimate of drug-likeness (QED) is 0.876. The number of halogens is 1. The maximum absolute atomic E-state index is 13.1. The van der Waals surface area contributed by atoms with E-state index >= 15 is 0 Å². The number of aliphatic hydroxyl groups is 1. The molecular formula is C17H26FNO2. The monoisotopic (exact) mass is 295 g/mol. The SMILES string of the molecule is Cc1cc(F)ccc1OC1CCCC(CO)(NC(C)C)C1. The van der Waals surface area contributed by atoms with Gasteiger partial charge in [0.25, 0.3) is 0 Å². The van der Waals surface area contributed by atoms with Gasteiger partial charge in [0, 0.05) is 18.0 Å². The maximum Gasteiger partial charge on any atom is 0.123 e. The van der Waals surface area contributed by atoms with E-state index in [4.69, 9.17) is 4.74 Å². The minimum atomic E-state index is -0.259. The molecule has 0 saturated heterocycles. The van der Waals surface area contributed by atoms with Gasteiger partial charge in [-0.1, -0.05) is 13.8 Å². The Morgan fingerprint density at radius 3 is 2.86 bits per heavy atom. The molecule has 0 aliphatic heterocycles. The van der Waals surface area contributed by atoms with Crippen LogP contribution in [0, 0.1) is 12.7 Å². The lowest BCUT2D eigenvalue weighted by Crippen LogP contribution is -2.55. The van der Waals surface area contributed by atoms with E-state index in [-0.39, 0.29) is 24.1 Å². The van der Waals surface area contributed by atoms with Crippen molar-refractivity contribution < 1.29 is 14.2 Å². The van der Waals surface area contributed by atoms with Crippen molar-refractivity contribution in [1.29, 1.82) is 0 Å². The largest absolute Gasteiger partial charge is 0.490 e. The van der Waals surface area contributed by atoms with Gasteiger partial charge in [-0.15, -0.1) is 0 Å². The zero-order chi connectivity index (χ0) is 15.5. The Morgan fingerprint density at radius 1 is 1.48 bits per heavy atom. The topological polar surface area (TPSA) is 41.5 Å². The van der Waals surface area contributed by atoms with E-state index in [0.717, 1.165) is 37.0 Å². The number of benzene rings is 1. The second kappa shape index (κ2) is 6.75. The van der Waals surface area contributed by atoms with Crippen molar-refractivity contribution in [2.75, 3.05) is 6.61 Å². The summed E-state index contributed by atoms with van der Waals surface area (Å²) in [5.74, 6) is 0.495. The normalized spacial score (nSPS) is 26.1. The maximum atomic E-state index is 13.1. The minimum absolute atomic E-state index is 0.0568. The highest BCUT2D eigenvalue weighted by Crippen LogP contribution is 2.32. The molecule has 3 nitrogen and oxygen atoms in total. The van der Waals surface area contributed by atoms with Gasteiger partial charge in [0.15, 0.2) is 0 Å². The first-order valence-corrected chi connectivity index (χ1v) is 7.75. The molecule has 1 aliphatic rings. The second-order valence-corrected chi connectivity index (χ2v) is 6.48. The molecule has 1 saturated carbocycles. The van der Waals surface area contributed by atoms with Gasteiger partial charge in [0.2, 0.25) is 0 Å². The number of aryl methyl sites for hydroxylation is 1. The summed E-state index contributed by atoms with van der Waals surface area (Å²) < 4.78 is 19.2. The van der Waals surface area contributed by atoms with Crippen LogP contribution in [-0.4, -0.2) is 29.4 Å². The number of nitrogens with one attached hydrogen (secondary N) is 1. The van der Waals surface area contributed by atoms with Crippen LogP contribution in [-0.2, 0) is 0 Å². The second-order valence-electron chi connectivity index (χ2n) is 6.48. The third kappa shape index (κ3) is 4.17. The lowest BCUT2D eigenvalue weighted by Gasteiger charge is -2.41. The first-order valence-electron chi connectivity index (χ1n) is 7.75. The van der Waals surface area contributed by atoms with Gasteiger partial charge >= 0.3 is 0 Å². The Kier molecular flexibility index (Phi) is 5.22. The predicted octanol–water partition coefficient (Wildman–Crippen LogP) is 3.18. The highest BCUT2D eigenvalue weighted by Gasteiger charge is 2.37. The minimum Gasteiger partial charge on any atom is -0.490 e. The molecule has 0 amide bonds. The predicted molar refractivity (Wildman–Crippen MR) is 82.1 cm³/mol. The average molecular weight is 295 g/mol. The zero-order valence-corrected chi connectivity index (χ0v) is 13.2. The highest BCUT2D eigenvalue weighted by atomic mass is 19.1. The molecule has 0 bridgehead atoms. The first-order chi connectivity index (χ1) is 9.94. The number of aliphatic hydroxyl groups excluding tert-OH is 1. The summed E-state index contributed by atoms with van der Waals surface area (Å²) in [4.78, 5) is 0. The van der Waals surface area contributed by atoms with Crippen LogP contribution in [0.25, 0.3) is 0 Å². The molecular weight excluding hydrogens is 269 g/mol. The van der Waals surface area contributed by atoms with Crippen molar-refractivity contribution in [2.24, 2.45) is 0 Å². The standard InChI is InChI=1S/C17H26FNO2/c1-12(2)19-17(11-20)8-4-5-15(10-17)21-16-7-6-14(18)9-13(16)3/h6-7,9,12,15,19-20H,4-5,8,10-11H2,1-3H3. The van der Waals surface area contributed by atoms with E-state index in [9.17, 15) is 9.50 Å². The molecule has 1 aliphatic carbocycles. The number of hydrogen-bond donors (Lipinski definition) is 2. The van der Waals surface area contributed by atoms with E-state index in [2.05, 4.69) is 19.2 Å². The van der Waals surface area contributed by atoms with Crippen LogP contribution in [0.5, 0.6) is 5.75 Å². The fourth-order valence-corrected chi connectivity index (χ4v) is 3.27. The van der Waals surface area contributed by atoms with Gasteiger partial charge in [-0.05, 0) is 49.9 Å². The molecule has 21 heavy (non-hydrogen) atoms. The molecule has 0 heterocycles. The van der Waals surface area contributed by atoms with Gasteiger partial charge in [-0.3, -0.25) is 0 Å². The molecule has 0 radical (unpaired) electrons. The fraction of sp³-hybridized carbons (Fsp3) is 0.647. The summed E-state index contributed by atoms with van der Waals surface area (Å²) in [6, 6.07) is 4.93. The van der Waals surface area contributed by atoms with Crippen molar-refractivity contribution in [1.82, 2.24) is 5.32 Å². The van der Waals surface area contributed by atoms with Crippen molar-refractivity contribution in [3.8, 4) is 5.75 Å². The third-order valence-corrected chi connectivity index (χ3v) is 4.13. The summed E-state index contributed by atoms with van der Waals surface area (Å²) in [6.45, 7) is 6.15. The smallest absolute Gasteiger partial charge is 0.123 e. The number of ether oxygens (including phenoxy) is 1. The van der Waals surface area contributed by atoms with E-state index in [1.165, 1.54) is 12.1 Å². The molecule has 1 aromatic rings. The van der Waals surface area contributed by atoms with E-state index in [1.807, 2.05) is 6.92 Å². The molecule has 118 valence electrons. The Balaban J connectivity index is 2.06. The van der Waals surface area contributed by atoms with E-state index in [1.54, 1.807) is 6.07 Å². The number of hydrogen-bond acceptors (Lipinski definition) is 3. The first kappa shape index (κ1) is 16.2. The molecule has 1 fully saturated rings. The lowest BCUT2D eigenvalue weighted by molar-refractivity contribution is 0.0458. The van der Waals surface area contributed by atoms with Gasteiger partial charge in [-0.2, -0.15) is 0 Å². The highest BCUT2D eigenvalue weighted by molar-refractivity contribution is 5.32. The Labute approximate surface area is 126 Å². The van der Waals surface area contributed by atoms with Crippen LogP contribution in [0.4, 0.5) is 4.39 Å². The summed E-state index contributed by atoms with van der Waals surface area (Å²) in [5, 5.41) is 13.3. The van der Waals surface area contributed by atoms with Crippen LogP contribution in [0.3, 0.4) is 0 Å². The zero-order valence-electron chi connectivity index (χ0n) is 13.2. The molecule has 4 heteroatoms. The van der Waals surface area contributed by atoms with Gasteiger partial charge < -0.3 is 15.2 Å². The van der Waals surface area contributed by atoms with Crippen molar-refractivity contribution in [2.45, 2.75) is 64.1 Å². The third-order valence-electron chi connectivity index (χ3n) is 4.13. The van der Waals surface area contributed by atoms with Gasteiger partial charge in [-0.25, -0.2) is 4.39 Å². The van der Waals surface area contributed by atoms with Crippen LogP contribution in [0.15, 0.2) is 18.2 Å². The molecule has 1 aromatic carbocycles. The Bertz CT molecular complexity index is 478. The molecule has 2 rings (SSSR count). The van der Waals surface area contributed by atoms with E-state index < -0.39 is 0 Å². The van der Waals surface area contributed by atoms with Crippen LogP contribution in [0.1, 0.15) is 45.1 Å². The van der Waals surface area contributed by atoms with Gasteiger partial charge in [0.1, 0.15) is 17.7 Å². The van der Waals surface area contributed by atoms with Crippen LogP contribution in [0.2, 0.25) is 0 Å². The van der Waals surface area contributed by atoms with Gasteiger partial charge in [0.05, 0.1) is 6.61 Å². The molecule has 0 spiro atoms. The average Bonchev–Trinajstić information content (AvgIpc) is 2.41. The van der Waals surface area contributed by atoms with Crippen molar-refractivity contribution in [3.63, 3.8) is 0 Å². The molecule has 0 aromatic heterocycles. The van der Waals surface area contributed by atoms with Crippen LogP contribution >= 0.6 is 0 Å². The van der Waals surface area contributed by atoms with Crippen LogP contribution < -0.4 is 10.1 Å². The van der Waals surface area contributed by atoms with Crippen molar-refractivity contribution in [3.05, 3.63) is 29.6 Å². The Morgan fingerprint density at radius 2 is 2.24 bits per heavy atom. The summed E-state index contributed by atoms with van der Waals surface area (Å²) >= 11 is 0. The summed E-state index contributed by atoms with van der Waals surface area (Å²) in [7, 11) is 0. The van der Waals surface area contributed by atoms with Crippen molar-refractivity contribution >= 4 is 0 Å². The molecule has 2 N–H and O–H groups in total. The Hall–Kier alpha value is -1.13. The fourth-order valence-electron chi connectivity index (χ4n) is 3.27. The summed E-state index contributed by atoms with van der Waals surface area (Å²) in [5.41, 5.74) is 0.553. The molecule has 2 unspecified atom stereocenters. The number of rotatable bonds is 5. The molecule has 2 atom stereocenters. The van der Waals surface area contributed by atoms with E-state index in [0.29, 0.717) is 6.04 Å².